The van der Waals surface area contributed by atoms with E-state index < -0.39 is 59.3 Å². The first-order valence-corrected chi connectivity index (χ1v) is 10.3. The van der Waals surface area contributed by atoms with E-state index in [1.54, 1.807) is 48.5 Å². The van der Waals surface area contributed by atoms with Gasteiger partial charge in [0.15, 0.2) is 0 Å². The van der Waals surface area contributed by atoms with Gasteiger partial charge < -0.3 is 10.4 Å². The van der Waals surface area contributed by atoms with Crippen LogP contribution >= 0.6 is 0 Å². The Morgan fingerprint density at radius 2 is 1.26 bits per heavy atom. The van der Waals surface area contributed by atoms with Crippen molar-refractivity contribution in [3.63, 3.8) is 0 Å². The van der Waals surface area contributed by atoms with E-state index in [1.165, 1.54) is 0 Å². The van der Waals surface area contributed by atoms with Crippen LogP contribution in [0.4, 0.5) is 26.3 Å². The molecule has 35 heavy (non-hydrogen) atoms. The third-order valence-electron chi connectivity index (χ3n) is 5.81. The number of fused-ring (bicyclic) bond motifs is 3. The molecule has 0 aromatic heterocycles. The van der Waals surface area contributed by atoms with Gasteiger partial charge in [-0.15, -0.1) is 0 Å². The lowest BCUT2D eigenvalue weighted by molar-refractivity contribution is -0.143. The third kappa shape index (κ3) is 4.87. The van der Waals surface area contributed by atoms with Crippen molar-refractivity contribution >= 4 is 11.9 Å². The number of hydrogen-bond donors (Lipinski definition) is 2. The maximum Gasteiger partial charge on any atom is 0.416 e. The summed E-state index contributed by atoms with van der Waals surface area (Å²) in [5.41, 5.74) is -0.810. The van der Waals surface area contributed by atoms with Gasteiger partial charge in [0, 0.05) is 5.92 Å². The second-order valence-electron chi connectivity index (χ2n) is 8.13. The average molecular weight is 493 g/mol. The molecule has 3 aromatic carbocycles. The summed E-state index contributed by atoms with van der Waals surface area (Å²) in [6.45, 7) is 0. The van der Waals surface area contributed by atoms with Crippen molar-refractivity contribution in [2.75, 3.05) is 0 Å². The Bertz CT molecular complexity index is 1220. The molecule has 0 spiro atoms. The molecular weight excluding hydrogens is 476 g/mol. The number of nitrogens with one attached hydrogen (secondary N) is 1. The first kappa shape index (κ1) is 24.3. The minimum Gasteiger partial charge on any atom is -0.480 e. The van der Waals surface area contributed by atoms with Crippen LogP contribution in [0.5, 0.6) is 0 Å². The summed E-state index contributed by atoms with van der Waals surface area (Å²) in [6.07, 6.45) is -11.0. The van der Waals surface area contributed by atoms with Gasteiger partial charge in [-0.3, -0.25) is 4.79 Å². The number of carbonyl (C=O) groups is 2. The number of hydrogen-bond acceptors (Lipinski definition) is 2. The van der Waals surface area contributed by atoms with Crippen molar-refractivity contribution in [2.45, 2.75) is 30.7 Å². The second-order valence-corrected chi connectivity index (χ2v) is 8.13. The molecule has 3 aromatic rings. The summed E-state index contributed by atoms with van der Waals surface area (Å²) in [5, 5.41) is 12.2. The van der Waals surface area contributed by atoms with Gasteiger partial charge in [0.2, 0.25) is 5.91 Å². The summed E-state index contributed by atoms with van der Waals surface area (Å²) in [4.78, 5) is 24.8. The van der Waals surface area contributed by atoms with Gasteiger partial charge in [0.1, 0.15) is 6.04 Å². The van der Waals surface area contributed by atoms with Gasteiger partial charge in [-0.2, -0.15) is 26.3 Å². The predicted molar refractivity (Wildman–Crippen MR) is 113 cm³/mol. The van der Waals surface area contributed by atoms with Crippen LogP contribution in [0.25, 0.3) is 11.1 Å². The van der Waals surface area contributed by atoms with Crippen molar-refractivity contribution in [2.24, 2.45) is 0 Å². The van der Waals surface area contributed by atoms with E-state index in [0.29, 0.717) is 23.3 Å². The van der Waals surface area contributed by atoms with Gasteiger partial charge in [-0.05, 0) is 46.0 Å². The van der Waals surface area contributed by atoms with Crippen LogP contribution in [0.3, 0.4) is 0 Å². The van der Waals surface area contributed by atoms with Crippen LogP contribution in [-0.4, -0.2) is 23.0 Å². The average Bonchev–Trinajstić information content (AvgIpc) is 3.10. The number of carboxylic acid groups (broad SMARTS) is 1. The number of carboxylic acids is 1. The normalized spacial score (nSPS) is 14.2. The largest absolute Gasteiger partial charge is 0.480 e. The van der Waals surface area contributed by atoms with E-state index in [1.807, 2.05) is 0 Å². The van der Waals surface area contributed by atoms with Gasteiger partial charge in [0.05, 0.1) is 17.5 Å². The molecular formula is C25H17F6NO3. The number of rotatable bonds is 5. The fourth-order valence-corrected chi connectivity index (χ4v) is 4.37. The molecule has 10 heteroatoms. The van der Waals surface area contributed by atoms with E-state index in [2.05, 4.69) is 5.32 Å². The monoisotopic (exact) mass is 493 g/mol. The Morgan fingerprint density at radius 3 is 1.69 bits per heavy atom. The summed E-state index contributed by atoms with van der Waals surface area (Å²) >= 11 is 0. The van der Waals surface area contributed by atoms with Crippen molar-refractivity contribution < 1.29 is 41.0 Å². The fourth-order valence-electron chi connectivity index (χ4n) is 4.37. The molecule has 2 N–H and O–H groups in total. The van der Waals surface area contributed by atoms with Crippen LogP contribution in [-0.2, 0) is 28.4 Å². The minimum atomic E-state index is -5.06. The molecule has 0 saturated carbocycles. The third-order valence-corrected chi connectivity index (χ3v) is 5.81. The number of aliphatic carboxylic acids is 1. The molecule has 0 unspecified atom stereocenters. The number of carbonyl (C=O) groups excluding carboxylic acids is 1. The summed E-state index contributed by atoms with van der Waals surface area (Å²) in [6, 6.07) is 13.4. The van der Waals surface area contributed by atoms with Crippen LogP contribution in [0.1, 0.15) is 33.7 Å². The Morgan fingerprint density at radius 1 is 0.800 bits per heavy atom. The zero-order chi connectivity index (χ0) is 25.5. The SMILES string of the molecule is O=C(Cc1cc(C(F)(F)F)cc(C(F)(F)F)c1)N[C@H](C(=O)O)C1c2ccccc2-c2ccccc21. The number of amides is 1. The first-order valence-electron chi connectivity index (χ1n) is 10.3. The van der Waals surface area contributed by atoms with Crippen molar-refractivity contribution in [3.8, 4) is 11.1 Å². The van der Waals surface area contributed by atoms with Crippen LogP contribution in [0.2, 0.25) is 0 Å². The maximum atomic E-state index is 13.1. The summed E-state index contributed by atoms with van der Waals surface area (Å²) in [5.74, 6) is -3.21. The lowest BCUT2D eigenvalue weighted by Crippen LogP contribution is -2.45. The lowest BCUT2D eigenvalue weighted by atomic mass is 9.89. The molecule has 1 atom stereocenters. The molecule has 1 aliphatic rings. The van der Waals surface area contributed by atoms with Crippen LogP contribution in [0.15, 0.2) is 66.7 Å². The molecule has 0 aliphatic heterocycles. The zero-order valence-electron chi connectivity index (χ0n) is 17.7. The number of halogens is 6. The van der Waals surface area contributed by atoms with Crippen molar-refractivity contribution in [1.29, 1.82) is 0 Å². The molecule has 0 saturated heterocycles. The maximum absolute atomic E-state index is 13.1. The van der Waals surface area contributed by atoms with Crippen molar-refractivity contribution in [1.82, 2.24) is 5.32 Å². The highest BCUT2D eigenvalue weighted by molar-refractivity contribution is 5.89. The van der Waals surface area contributed by atoms with Crippen LogP contribution in [0, 0.1) is 0 Å². The van der Waals surface area contributed by atoms with Gasteiger partial charge in [-0.25, -0.2) is 4.79 Å². The molecule has 0 heterocycles. The number of alkyl halides is 6. The molecule has 1 amide bonds. The highest BCUT2D eigenvalue weighted by atomic mass is 19.4. The van der Waals surface area contributed by atoms with Crippen molar-refractivity contribution in [3.05, 3.63) is 94.5 Å². The highest BCUT2D eigenvalue weighted by Gasteiger charge is 2.40. The second kappa shape index (κ2) is 8.75. The van der Waals surface area contributed by atoms with Crippen LogP contribution < -0.4 is 5.32 Å². The molecule has 0 fully saturated rings. The Hall–Kier alpha value is -3.82. The molecule has 0 bridgehead atoms. The van der Waals surface area contributed by atoms with E-state index in [0.717, 1.165) is 11.1 Å². The van der Waals surface area contributed by atoms with E-state index in [9.17, 15) is 41.0 Å². The van der Waals surface area contributed by atoms with Gasteiger partial charge in [0.25, 0.3) is 0 Å². The Balaban J connectivity index is 1.65. The molecule has 4 nitrogen and oxygen atoms in total. The number of benzene rings is 3. The standard InChI is InChI=1S/C25H17F6NO3/c26-24(27,28)14-9-13(10-15(12-14)25(29,30)31)11-20(33)32-22(23(34)35)21-18-7-3-1-5-16(18)17-6-2-4-8-19(17)21/h1-10,12,21-22H,11H2,(H,32,33)(H,34,35)/t22-/m0/s1. The topological polar surface area (TPSA) is 66.4 Å². The van der Waals surface area contributed by atoms with Gasteiger partial charge >= 0.3 is 18.3 Å². The van der Waals surface area contributed by atoms with E-state index >= 15 is 0 Å². The summed E-state index contributed by atoms with van der Waals surface area (Å²) in [7, 11) is 0. The smallest absolute Gasteiger partial charge is 0.416 e. The Labute approximate surface area is 195 Å². The quantitative estimate of drug-likeness (QED) is 0.452. The molecule has 1 aliphatic carbocycles. The Kier molecular flexibility index (Phi) is 6.08. The fraction of sp³-hybridized carbons (Fsp3) is 0.200. The highest BCUT2D eigenvalue weighted by Crippen LogP contribution is 2.46. The first-order chi connectivity index (χ1) is 16.4. The molecule has 182 valence electrons. The zero-order valence-corrected chi connectivity index (χ0v) is 17.7. The molecule has 4 rings (SSSR count). The predicted octanol–water partition coefficient (Wildman–Crippen LogP) is 5.65. The summed E-state index contributed by atoms with van der Waals surface area (Å²) < 4.78 is 78.8. The molecule has 0 radical (unpaired) electrons. The van der Waals surface area contributed by atoms with Gasteiger partial charge in [-0.1, -0.05) is 48.5 Å². The minimum absolute atomic E-state index is 0.0339. The van der Waals surface area contributed by atoms with E-state index in [-0.39, 0.29) is 6.07 Å². The lowest BCUT2D eigenvalue weighted by Gasteiger charge is -2.23. The van der Waals surface area contributed by atoms with E-state index in [4.69, 9.17) is 0 Å².